The minimum atomic E-state index is -0.0279. The molecule has 4 heteroatoms. The molecule has 0 bridgehead atoms. The van der Waals surface area contributed by atoms with Gasteiger partial charge in [-0.25, -0.2) is 0 Å². The van der Waals surface area contributed by atoms with Crippen LogP contribution in [-0.4, -0.2) is 25.1 Å². The molecule has 0 radical (unpaired) electrons. The monoisotopic (exact) mass is 260 g/mol. The van der Waals surface area contributed by atoms with E-state index in [1.165, 1.54) is 0 Å². The Hall–Kier alpha value is -1.55. The lowest BCUT2D eigenvalue weighted by molar-refractivity contribution is -0.124. The van der Waals surface area contributed by atoms with Crippen LogP contribution in [0.4, 0.5) is 5.69 Å². The maximum atomic E-state index is 12.7. The SMILES string of the molecule is NC1CCCCC1C(=O)N1CCOc2ccccc21. The lowest BCUT2D eigenvalue weighted by atomic mass is 9.84. The molecule has 1 fully saturated rings. The fourth-order valence-electron chi connectivity index (χ4n) is 3.06. The summed E-state index contributed by atoms with van der Waals surface area (Å²) in [7, 11) is 0. The Morgan fingerprint density at radius 1 is 1.26 bits per heavy atom. The fraction of sp³-hybridized carbons (Fsp3) is 0.533. The van der Waals surface area contributed by atoms with Crippen molar-refractivity contribution in [3.8, 4) is 5.75 Å². The third-order valence-electron chi connectivity index (χ3n) is 4.13. The van der Waals surface area contributed by atoms with Gasteiger partial charge in [0, 0.05) is 6.04 Å². The molecule has 2 N–H and O–H groups in total. The average molecular weight is 260 g/mol. The quantitative estimate of drug-likeness (QED) is 0.839. The smallest absolute Gasteiger partial charge is 0.231 e. The number of fused-ring (bicyclic) bond motifs is 1. The minimum absolute atomic E-state index is 0.0104. The van der Waals surface area contributed by atoms with Crippen LogP contribution in [0.5, 0.6) is 5.75 Å². The van der Waals surface area contributed by atoms with Gasteiger partial charge in [-0.05, 0) is 25.0 Å². The van der Waals surface area contributed by atoms with Crippen molar-refractivity contribution in [3.63, 3.8) is 0 Å². The van der Waals surface area contributed by atoms with Crippen molar-refractivity contribution >= 4 is 11.6 Å². The van der Waals surface area contributed by atoms with Gasteiger partial charge < -0.3 is 15.4 Å². The van der Waals surface area contributed by atoms with Crippen molar-refractivity contribution in [2.75, 3.05) is 18.1 Å². The minimum Gasteiger partial charge on any atom is -0.490 e. The number of carbonyl (C=O) groups excluding carboxylic acids is 1. The number of anilines is 1. The molecule has 0 spiro atoms. The maximum Gasteiger partial charge on any atom is 0.231 e. The van der Waals surface area contributed by atoms with Crippen LogP contribution in [0.2, 0.25) is 0 Å². The third-order valence-corrected chi connectivity index (χ3v) is 4.13. The first-order chi connectivity index (χ1) is 9.27. The van der Waals surface area contributed by atoms with Gasteiger partial charge in [-0.15, -0.1) is 0 Å². The molecule has 1 aliphatic carbocycles. The van der Waals surface area contributed by atoms with E-state index >= 15 is 0 Å². The molecule has 1 aliphatic heterocycles. The van der Waals surface area contributed by atoms with Gasteiger partial charge in [-0.1, -0.05) is 25.0 Å². The van der Waals surface area contributed by atoms with Gasteiger partial charge in [0.05, 0.1) is 18.2 Å². The topological polar surface area (TPSA) is 55.6 Å². The molecule has 1 heterocycles. The van der Waals surface area contributed by atoms with E-state index in [2.05, 4.69) is 0 Å². The predicted molar refractivity (Wildman–Crippen MR) is 74.2 cm³/mol. The maximum absolute atomic E-state index is 12.7. The van der Waals surface area contributed by atoms with E-state index in [1.54, 1.807) is 0 Å². The van der Waals surface area contributed by atoms with Crippen molar-refractivity contribution < 1.29 is 9.53 Å². The number of para-hydroxylation sites is 2. The summed E-state index contributed by atoms with van der Waals surface area (Å²) >= 11 is 0. The van der Waals surface area contributed by atoms with Crippen LogP contribution in [0.25, 0.3) is 0 Å². The highest BCUT2D eigenvalue weighted by Crippen LogP contribution is 2.34. The van der Waals surface area contributed by atoms with Gasteiger partial charge in [0.1, 0.15) is 12.4 Å². The summed E-state index contributed by atoms with van der Waals surface area (Å²) in [6.07, 6.45) is 4.13. The molecule has 4 nitrogen and oxygen atoms in total. The zero-order valence-electron chi connectivity index (χ0n) is 11.0. The second kappa shape index (κ2) is 5.21. The van der Waals surface area contributed by atoms with E-state index in [4.69, 9.17) is 10.5 Å². The van der Waals surface area contributed by atoms with Crippen LogP contribution in [0.1, 0.15) is 25.7 Å². The number of hydrogen-bond acceptors (Lipinski definition) is 3. The second-order valence-electron chi connectivity index (χ2n) is 5.36. The van der Waals surface area contributed by atoms with Crippen molar-refractivity contribution in [2.24, 2.45) is 11.7 Å². The van der Waals surface area contributed by atoms with Gasteiger partial charge in [-0.3, -0.25) is 4.79 Å². The van der Waals surface area contributed by atoms with E-state index < -0.39 is 0 Å². The Balaban J connectivity index is 1.84. The average Bonchev–Trinajstić information content (AvgIpc) is 2.46. The number of carbonyl (C=O) groups is 1. The van der Waals surface area contributed by atoms with E-state index in [-0.39, 0.29) is 17.9 Å². The van der Waals surface area contributed by atoms with Crippen molar-refractivity contribution in [3.05, 3.63) is 24.3 Å². The molecular weight excluding hydrogens is 240 g/mol. The second-order valence-corrected chi connectivity index (χ2v) is 5.36. The summed E-state index contributed by atoms with van der Waals surface area (Å²) in [5, 5.41) is 0. The first-order valence-corrected chi connectivity index (χ1v) is 7.06. The van der Waals surface area contributed by atoms with E-state index in [0.29, 0.717) is 13.2 Å². The number of rotatable bonds is 1. The van der Waals surface area contributed by atoms with Crippen LogP contribution < -0.4 is 15.4 Å². The zero-order valence-corrected chi connectivity index (χ0v) is 11.0. The largest absolute Gasteiger partial charge is 0.490 e. The molecule has 0 saturated heterocycles. The summed E-state index contributed by atoms with van der Waals surface area (Å²) in [6, 6.07) is 7.74. The van der Waals surface area contributed by atoms with Crippen molar-refractivity contribution in [1.29, 1.82) is 0 Å². The normalized spacial score (nSPS) is 26.5. The standard InChI is InChI=1S/C15H20N2O2/c16-12-6-2-1-5-11(12)15(18)17-9-10-19-14-8-4-3-7-13(14)17/h3-4,7-8,11-12H,1-2,5-6,9-10,16H2. The zero-order chi connectivity index (χ0) is 13.2. The number of hydrogen-bond donors (Lipinski definition) is 1. The highest BCUT2D eigenvalue weighted by Gasteiger charge is 2.34. The molecular formula is C15H20N2O2. The molecule has 1 aromatic carbocycles. The number of ether oxygens (including phenoxy) is 1. The van der Waals surface area contributed by atoms with Gasteiger partial charge in [0.2, 0.25) is 5.91 Å². The molecule has 102 valence electrons. The summed E-state index contributed by atoms with van der Waals surface area (Å²) in [4.78, 5) is 14.6. The Kier molecular flexibility index (Phi) is 3.42. The number of nitrogens with zero attached hydrogens (tertiary/aromatic N) is 1. The van der Waals surface area contributed by atoms with Crippen LogP contribution >= 0.6 is 0 Å². The van der Waals surface area contributed by atoms with E-state index in [0.717, 1.165) is 37.1 Å². The van der Waals surface area contributed by atoms with Crippen LogP contribution in [0.15, 0.2) is 24.3 Å². The summed E-state index contributed by atoms with van der Waals surface area (Å²) < 4.78 is 5.59. The highest BCUT2D eigenvalue weighted by atomic mass is 16.5. The number of amides is 1. The Morgan fingerprint density at radius 2 is 2.05 bits per heavy atom. The first kappa shape index (κ1) is 12.5. The molecule has 2 aliphatic rings. The van der Waals surface area contributed by atoms with Gasteiger partial charge in [0.25, 0.3) is 0 Å². The van der Waals surface area contributed by atoms with Crippen LogP contribution in [0, 0.1) is 5.92 Å². The van der Waals surface area contributed by atoms with E-state index in [1.807, 2.05) is 29.2 Å². The molecule has 19 heavy (non-hydrogen) atoms. The van der Waals surface area contributed by atoms with Crippen LogP contribution in [-0.2, 0) is 4.79 Å². The molecule has 2 atom stereocenters. The van der Waals surface area contributed by atoms with Crippen molar-refractivity contribution in [1.82, 2.24) is 0 Å². The molecule has 1 aromatic rings. The first-order valence-electron chi connectivity index (χ1n) is 7.06. The highest BCUT2D eigenvalue weighted by molar-refractivity contribution is 5.97. The molecule has 0 aromatic heterocycles. The predicted octanol–water partition coefficient (Wildman–Crippen LogP) is 1.93. The van der Waals surface area contributed by atoms with E-state index in [9.17, 15) is 4.79 Å². The lowest BCUT2D eigenvalue weighted by Crippen LogP contribution is -2.48. The Morgan fingerprint density at radius 3 is 2.89 bits per heavy atom. The number of benzene rings is 1. The molecule has 1 saturated carbocycles. The van der Waals surface area contributed by atoms with Crippen molar-refractivity contribution in [2.45, 2.75) is 31.7 Å². The van der Waals surface area contributed by atoms with Gasteiger partial charge in [-0.2, -0.15) is 0 Å². The Bertz CT molecular complexity index is 475. The number of nitrogens with two attached hydrogens (primary N) is 1. The molecule has 3 rings (SSSR count). The van der Waals surface area contributed by atoms with Crippen LogP contribution in [0.3, 0.4) is 0 Å². The summed E-state index contributed by atoms with van der Waals surface area (Å²) in [5.74, 6) is 0.939. The van der Waals surface area contributed by atoms with Gasteiger partial charge >= 0.3 is 0 Å². The molecule has 2 unspecified atom stereocenters. The van der Waals surface area contributed by atoms with Gasteiger partial charge in [0.15, 0.2) is 0 Å². The summed E-state index contributed by atoms with van der Waals surface area (Å²) in [5.41, 5.74) is 7.01. The fourth-order valence-corrected chi connectivity index (χ4v) is 3.06. The summed E-state index contributed by atoms with van der Waals surface area (Å²) in [6.45, 7) is 1.18. The third kappa shape index (κ3) is 2.32. The molecule has 1 amide bonds. The Labute approximate surface area is 113 Å². The lowest BCUT2D eigenvalue weighted by Gasteiger charge is -2.35.